The summed E-state index contributed by atoms with van der Waals surface area (Å²) >= 11 is 0. The van der Waals surface area contributed by atoms with E-state index in [1.54, 1.807) is 30.5 Å². The van der Waals surface area contributed by atoms with Gasteiger partial charge in [-0.3, -0.25) is 0 Å². The van der Waals surface area contributed by atoms with E-state index in [2.05, 4.69) is 38.8 Å². The number of ether oxygens (including phenoxy) is 2. The smallest absolute Gasteiger partial charge is 0.419 e. The number of benzene rings is 2. The van der Waals surface area contributed by atoms with E-state index in [-0.39, 0.29) is 9.93 Å². The van der Waals surface area contributed by atoms with Crippen LogP contribution in [0.5, 0.6) is 5.75 Å². The Morgan fingerprint density at radius 1 is 0.974 bits per heavy atom. The molecule has 0 saturated carbocycles. The summed E-state index contributed by atoms with van der Waals surface area (Å²) in [6.07, 6.45) is 3.32. The number of rotatable bonds is 8. The molecule has 3 rings (SSSR count). The van der Waals surface area contributed by atoms with Crippen LogP contribution < -0.4 is 4.74 Å². The second kappa shape index (κ2) is 11.3. The van der Waals surface area contributed by atoms with E-state index < -0.39 is 36.0 Å². The minimum absolute atomic E-state index is 0.0298. The van der Waals surface area contributed by atoms with Gasteiger partial charge in [0.25, 0.3) is 0 Å². The van der Waals surface area contributed by atoms with Crippen molar-refractivity contribution in [1.29, 1.82) is 0 Å². The quantitative estimate of drug-likeness (QED) is 0.272. The SMILES string of the molecule is CC(C)(C)OC(=O)n1cnc(-c2ccc(OC(CO[Si-](C)(C)C(C)(C)C)c3ccc(S(C)(=O)=O)cc3)cc2)c1. The number of nitrogens with zero attached hydrogens (tertiary/aromatic N) is 2. The van der Waals surface area contributed by atoms with Gasteiger partial charge in [0, 0.05) is 24.6 Å². The molecule has 1 atom stereocenters. The van der Waals surface area contributed by atoms with E-state index in [0.29, 0.717) is 18.1 Å². The van der Waals surface area contributed by atoms with Crippen LogP contribution in [0.4, 0.5) is 4.79 Å². The summed E-state index contributed by atoms with van der Waals surface area (Å²) in [7, 11) is -5.36. The average molecular weight is 573 g/mol. The van der Waals surface area contributed by atoms with Gasteiger partial charge >= 0.3 is 6.09 Å². The van der Waals surface area contributed by atoms with Crippen LogP contribution in [-0.2, 0) is 19.0 Å². The van der Waals surface area contributed by atoms with Crippen LogP contribution >= 0.6 is 0 Å². The fourth-order valence-corrected chi connectivity index (χ4v) is 5.01. The fraction of sp³-hybridized carbons (Fsp3) is 0.448. The Labute approximate surface area is 233 Å². The number of imidazole rings is 1. The van der Waals surface area contributed by atoms with Crippen molar-refractivity contribution in [2.75, 3.05) is 12.9 Å². The third kappa shape index (κ3) is 8.27. The molecule has 3 aromatic rings. The van der Waals surface area contributed by atoms with Gasteiger partial charge in [-0.15, -0.1) is 18.1 Å². The van der Waals surface area contributed by atoms with Gasteiger partial charge < -0.3 is 13.9 Å². The lowest BCUT2D eigenvalue weighted by Crippen LogP contribution is -2.42. The molecule has 10 heteroatoms. The van der Waals surface area contributed by atoms with Gasteiger partial charge in [-0.05, 0) is 71.1 Å². The van der Waals surface area contributed by atoms with Gasteiger partial charge in [-0.1, -0.05) is 32.9 Å². The molecule has 213 valence electrons. The van der Waals surface area contributed by atoms with Gasteiger partial charge in [-0.25, -0.2) is 22.8 Å². The third-order valence-electron chi connectivity index (χ3n) is 6.70. The van der Waals surface area contributed by atoms with Gasteiger partial charge in [0.15, 0.2) is 9.84 Å². The second-order valence-electron chi connectivity index (χ2n) is 12.2. The molecule has 2 aromatic carbocycles. The third-order valence-corrected chi connectivity index (χ3v) is 12.3. The molecule has 0 spiro atoms. The zero-order chi connectivity index (χ0) is 29.2. The Bertz CT molecular complexity index is 1380. The average Bonchev–Trinajstić information content (AvgIpc) is 3.30. The Balaban J connectivity index is 1.81. The number of carbonyl (C=O) groups excluding carboxylic acids is 1. The predicted molar refractivity (Wildman–Crippen MR) is 155 cm³/mol. The number of carbonyl (C=O) groups is 1. The lowest BCUT2D eigenvalue weighted by molar-refractivity contribution is 0.0536. The van der Waals surface area contributed by atoms with E-state index in [9.17, 15) is 13.2 Å². The zero-order valence-corrected chi connectivity index (χ0v) is 26.1. The maximum Gasteiger partial charge on any atom is 0.419 e. The topological polar surface area (TPSA) is 96.7 Å². The van der Waals surface area contributed by atoms with Gasteiger partial charge in [-0.2, -0.15) is 0 Å². The molecule has 0 radical (unpaired) electrons. The minimum Gasteiger partial charge on any atom is -0.562 e. The molecule has 1 heterocycles. The molecular formula is C29H40N2O6SSi-. The summed E-state index contributed by atoms with van der Waals surface area (Å²) in [5.41, 5.74) is 1.66. The Kier molecular flexibility index (Phi) is 8.84. The van der Waals surface area contributed by atoms with Crippen LogP contribution in [0.1, 0.15) is 53.2 Å². The molecule has 1 unspecified atom stereocenters. The summed E-state index contributed by atoms with van der Waals surface area (Å²) in [5, 5.41) is 0.0298. The van der Waals surface area contributed by atoms with Crippen LogP contribution in [0.2, 0.25) is 18.1 Å². The molecule has 0 fully saturated rings. The Morgan fingerprint density at radius 2 is 1.56 bits per heavy atom. The number of hydrogen-bond donors (Lipinski definition) is 0. The minimum atomic E-state index is -3.30. The fourth-order valence-electron chi connectivity index (χ4n) is 3.38. The molecular weight excluding hydrogens is 532 g/mol. The van der Waals surface area contributed by atoms with Crippen LogP contribution in [0, 0.1) is 0 Å². The second-order valence-corrected chi connectivity index (χ2v) is 19.0. The van der Waals surface area contributed by atoms with Gasteiger partial charge in [0.05, 0.1) is 10.6 Å². The number of sulfone groups is 1. The van der Waals surface area contributed by atoms with Crippen molar-refractivity contribution in [2.45, 2.75) is 76.3 Å². The van der Waals surface area contributed by atoms with E-state index >= 15 is 0 Å². The molecule has 0 aliphatic carbocycles. The maximum absolute atomic E-state index is 12.3. The first-order chi connectivity index (χ1) is 17.9. The largest absolute Gasteiger partial charge is 0.562 e. The molecule has 0 aliphatic rings. The normalized spacial score (nSPS) is 13.7. The van der Waals surface area contributed by atoms with Gasteiger partial charge in [0.2, 0.25) is 0 Å². The predicted octanol–water partition coefficient (Wildman–Crippen LogP) is 6.88. The lowest BCUT2D eigenvalue weighted by Gasteiger charge is -2.49. The maximum atomic E-state index is 12.3. The summed E-state index contributed by atoms with van der Waals surface area (Å²) in [5.74, 6) is 0.626. The van der Waals surface area contributed by atoms with Crippen molar-refractivity contribution >= 4 is 24.2 Å². The first kappa shape index (κ1) is 30.6. The molecule has 0 amide bonds. The van der Waals surface area contributed by atoms with Crippen LogP contribution in [0.3, 0.4) is 0 Å². The molecule has 8 nitrogen and oxygen atoms in total. The lowest BCUT2D eigenvalue weighted by atomic mass is 10.1. The highest BCUT2D eigenvalue weighted by Gasteiger charge is 2.27. The van der Waals surface area contributed by atoms with Crippen molar-refractivity contribution in [2.24, 2.45) is 0 Å². The van der Waals surface area contributed by atoms with Gasteiger partial charge in [0.1, 0.15) is 23.8 Å². The summed E-state index contributed by atoms with van der Waals surface area (Å²) < 4.78 is 43.4. The summed E-state index contributed by atoms with van der Waals surface area (Å²) in [6, 6.07) is 14.2. The van der Waals surface area contributed by atoms with E-state index in [4.69, 9.17) is 13.9 Å². The molecule has 0 N–H and O–H groups in total. The van der Waals surface area contributed by atoms with Crippen LogP contribution in [0.25, 0.3) is 11.3 Å². The van der Waals surface area contributed by atoms with E-state index in [1.807, 2.05) is 45.0 Å². The highest BCUT2D eigenvalue weighted by Crippen LogP contribution is 2.37. The van der Waals surface area contributed by atoms with Crippen molar-refractivity contribution in [3.8, 4) is 17.0 Å². The van der Waals surface area contributed by atoms with Crippen LogP contribution in [0.15, 0.2) is 66.0 Å². The summed E-state index contributed by atoms with van der Waals surface area (Å²) in [6.45, 7) is 16.7. The molecule has 0 bridgehead atoms. The highest BCUT2D eigenvalue weighted by molar-refractivity contribution is 7.90. The monoisotopic (exact) mass is 572 g/mol. The molecule has 39 heavy (non-hydrogen) atoms. The standard InChI is InChI=1S/C29H40N2O6SSi/c1-28(2,3)37-27(32)31-18-25(30-20-31)21-10-14-23(15-11-21)36-26(19-35-39(8,9)29(4,5)6)22-12-16-24(17-13-22)38(7,33)34/h10-18,20,26H,19H2,1-9H3/q-1. The molecule has 0 saturated heterocycles. The first-order valence-electron chi connectivity index (χ1n) is 12.8. The van der Waals surface area contributed by atoms with Crippen LogP contribution in [-0.4, -0.2) is 50.8 Å². The van der Waals surface area contributed by atoms with Crippen molar-refractivity contribution in [3.63, 3.8) is 0 Å². The first-order valence-corrected chi connectivity index (χ1v) is 17.6. The van der Waals surface area contributed by atoms with E-state index in [0.717, 1.165) is 11.1 Å². The summed E-state index contributed by atoms with van der Waals surface area (Å²) in [4.78, 5) is 16.9. The molecule has 0 aliphatic heterocycles. The van der Waals surface area contributed by atoms with E-state index in [1.165, 1.54) is 17.2 Å². The van der Waals surface area contributed by atoms with Crippen molar-refractivity contribution < 1.29 is 27.1 Å². The van der Waals surface area contributed by atoms with Crippen molar-refractivity contribution in [3.05, 3.63) is 66.6 Å². The van der Waals surface area contributed by atoms with Crippen molar-refractivity contribution in [1.82, 2.24) is 9.55 Å². The number of aromatic nitrogens is 2. The molecule has 1 aromatic heterocycles. The highest BCUT2D eigenvalue weighted by atomic mass is 32.2. The zero-order valence-electron chi connectivity index (χ0n) is 24.3. The Morgan fingerprint density at radius 3 is 2.08 bits per heavy atom. The number of hydrogen-bond acceptors (Lipinski definition) is 7. The Hall–Kier alpha value is -2.95.